The van der Waals surface area contributed by atoms with Crippen LogP contribution in [0.4, 0.5) is 10.5 Å². The van der Waals surface area contributed by atoms with E-state index in [0.717, 1.165) is 11.1 Å². The van der Waals surface area contributed by atoms with Crippen molar-refractivity contribution in [1.29, 1.82) is 0 Å². The first-order valence-electron chi connectivity index (χ1n) is 13.8. The second kappa shape index (κ2) is 11.8. The standard InChI is InChI=1S/C30H39BN4O5/c1-7-26(30(4,5)6)35(28(37)22-16-19(2)15-20(3)17-22)32-27(36)21-13-14-24-25(18-21)33-40-29(38)34(31(24)39)23-11-9-8-10-12-23/h8-12,15-18,21,24,26,33,39H,7,13-14H2,1-6H3,(H,32,36)/t21?,24-,26?/m1/s1. The van der Waals surface area contributed by atoms with Crippen molar-refractivity contribution in [2.24, 2.45) is 11.3 Å². The molecule has 1 heterocycles. The first kappa shape index (κ1) is 29.2. The number of rotatable bonds is 5. The van der Waals surface area contributed by atoms with Crippen molar-refractivity contribution in [3.05, 3.63) is 77.0 Å². The normalized spacial score (nSPS) is 19.9. The van der Waals surface area contributed by atoms with Gasteiger partial charge in [-0.15, -0.1) is 0 Å². The van der Waals surface area contributed by atoms with Gasteiger partial charge in [0, 0.05) is 22.8 Å². The zero-order chi connectivity index (χ0) is 29.2. The van der Waals surface area contributed by atoms with E-state index < -0.39 is 24.9 Å². The molecule has 3 amide bonds. The predicted octanol–water partition coefficient (Wildman–Crippen LogP) is 4.91. The van der Waals surface area contributed by atoms with Gasteiger partial charge in [-0.25, -0.2) is 15.3 Å². The zero-order valence-electron chi connectivity index (χ0n) is 24.1. The van der Waals surface area contributed by atoms with Crippen LogP contribution in [0, 0.1) is 25.2 Å². The molecule has 0 bridgehead atoms. The second-order valence-electron chi connectivity index (χ2n) is 11.8. The average Bonchev–Trinajstić information content (AvgIpc) is 3.02. The Morgan fingerprint density at radius 2 is 1.80 bits per heavy atom. The molecule has 0 saturated carbocycles. The number of hydrazine groups is 1. The fourth-order valence-corrected chi connectivity index (χ4v) is 5.74. The van der Waals surface area contributed by atoms with Crippen molar-refractivity contribution < 1.29 is 24.2 Å². The number of hydrogen-bond acceptors (Lipinski definition) is 6. The maximum Gasteiger partial charge on any atom is 0.432 e. The highest BCUT2D eigenvalue weighted by molar-refractivity contribution is 6.62. The van der Waals surface area contributed by atoms with Gasteiger partial charge in [0.25, 0.3) is 5.91 Å². The molecule has 1 aliphatic heterocycles. The number of aryl methyl sites for hydroxylation is 2. The van der Waals surface area contributed by atoms with Crippen LogP contribution in [0.2, 0.25) is 5.82 Å². The Morgan fingerprint density at radius 3 is 2.40 bits per heavy atom. The molecule has 212 valence electrons. The van der Waals surface area contributed by atoms with E-state index in [9.17, 15) is 19.4 Å². The van der Waals surface area contributed by atoms with E-state index in [4.69, 9.17) is 4.84 Å². The van der Waals surface area contributed by atoms with Crippen LogP contribution in [0.1, 0.15) is 68.4 Å². The predicted molar refractivity (Wildman–Crippen MR) is 155 cm³/mol. The number of allylic oxidation sites excluding steroid dienone is 1. The molecule has 3 atom stereocenters. The average molecular weight is 546 g/mol. The topological polar surface area (TPSA) is 111 Å². The highest BCUT2D eigenvalue weighted by Crippen LogP contribution is 2.37. The van der Waals surface area contributed by atoms with Crippen molar-refractivity contribution in [2.75, 3.05) is 4.81 Å². The van der Waals surface area contributed by atoms with E-state index in [0.29, 0.717) is 36.2 Å². The number of nitrogens with zero attached hydrogens (tertiary/aromatic N) is 2. The molecule has 3 N–H and O–H groups in total. The Balaban J connectivity index is 1.59. The lowest BCUT2D eigenvalue weighted by atomic mass is 9.59. The molecule has 40 heavy (non-hydrogen) atoms. The van der Waals surface area contributed by atoms with Gasteiger partial charge in [-0.05, 0) is 68.9 Å². The van der Waals surface area contributed by atoms with Gasteiger partial charge in [0.15, 0.2) is 0 Å². The molecular weight excluding hydrogens is 507 g/mol. The minimum absolute atomic E-state index is 0.257. The van der Waals surface area contributed by atoms with E-state index in [1.807, 2.05) is 65.8 Å². The van der Waals surface area contributed by atoms with Crippen LogP contribution in [-0.4, -0.2) is 41.0 Å². The smallest absolute Gasteiger partial charge is 0.432 e. The molecule has 0 spiro atoms. The number of hydroxylamine groups is 1. The van der Waals surface area contributed by atoms with Crippen LogP contribution in [0.15, 0.2) is 60.3 Å². The molecule has 2 aliphatic rings. The molecule has 1 saturated heterocycles. The fourth-order valence-electron chi connectivity index (χ4n) is 5.74. The summed E-state index contributed by atoms with van der Waals surface area (Å²) in [7, 11) is -1.17. The monoisotopic (exact) mass is 546 g/mol. The summed E-state index contributed by atoms with van der Waals surface area (Å²) >= 11 is 0. The SMILES string of the molecule is CCC(N(NC(=O)C1C=C2NOC(=O)N(c3ccccc3)B(O)[C@@H]2CC1)C(=O)c1cc(C)cc(C)c1)C(C)(C)C. The van der Waals surface area contributed by atoms with Gasteiger partial charge in [-0.3, -0.25) is 19.8 Å². The molecule has 2 unspecified atom stereocenters. The number of carbonyl (C=O) groups excluding carboxylic acids is 3. The molecule has 1 aliphatic carbocycles. The minimum atomic E-state index is -1.17. The van der Waals surface area contributed by atoms with E-state index >= 15 is 0 Å². The summed E-state index contributed by atoms with van der Waals surface area (Å²) in [6, 6.07) is 14.2. The van der Waals surface area contributed by atoms with Gasteiger partial charge in [0.1, 0.15) is 0 Å². The van der Waals surface area contributed by atoms with Crippen LogP contribution in [0.25, 0.3) is 0 Å². The quantitative estimate of drug-likeness (QED) is 0.363. The molecular formula is C30H39BN4O5. The van der Waals surface area contributed by atoms with Crippen molar-refractivity contribution >= 4 is 30.6 Å². The first-order valence-corrected chi connectivity index (χ1v) is 13.8. The third-order valence-corrected chi connectivity index (χ3v) is 7.63. The summed E-state index contributed by atoms with van der Waals surface area (Å²) in [4.78, 5) is 46.7. The van der Waals surface area contributed by atoms with Gasteiger partial charge in [-0.2, -0.15) is 0 Å². The van der Waals surface area contributed by atoms with E-state index in [-0.39, 0.29) is 23.3 Å². The third-order valence-electron chi connectivity index (χ3n) is 7.63. The lowest BCUT2D eigenvalue weighted by molar-refractivity contribution is -0.129. The summed E-state index contributed by atoms with van der Waals surface area (Å²) in [5.74, 6) is -1.67. The second-order valence-corrected chi connectivity index (χ2v) is 11.8. The Hall–Kier alpha value is -3.79. The van der Waals surface area contributed by atoms with Crippen LogP contribution in [0.5, 0.6) is 0 Å². The van der Waals surface area contributed by atoms with Crippen molar-refractivity contribution in [2.45, 2.75) is 72.7 Å². The van der Waals surface area contributed by atoms with E-state index in [2.05, 4.69) is 10.9 Å². The molecule has 4 rings (SSSR count). The number of hydrogen-bond donors (Lipinski definition) is 3. The van der Waals surface area contributed by atoms with E-state index in [1.54, 1.807) is 30.3 Å². The molecule has 2 aromatic rings. The molecule has 9 nitrogen and oxygen atoms in total. The van der Waals surface area contributed by atoms with Crippen LogP contribution < -0.4 is 15.7 Å². The Morgan fingerprint density at radius 1 is 1.15 bits per heavy atom. The maximum atomic E-state index is 13.8. The van der Waals surface area contributed by atoms with Crippen molar-refractivity contribution in [1.82, 2.24) is 15.9 Å². The van der Waals surface area contributed by atoms with Crippen LogP contribution in [0.3, 0.4) is 0 Å². The lowest BCUT2D eigenvalue weighted by Crippen LogP contribution is -2.57. The zero-order valence-corrected chi connectivity index (χ0v) is 24.1. The Bertz CT molecular complexity index is 1270. The highest BCUT2D eigenvalue weighted by Gasteiger charge is 2.45. The summed E-state index contributed by atoms with van der Waals surface area (Å²) in [6.07, 6.45) is 2.45. The summed E-state index contributed by atoms with van der Waals surface area (Å²) in [5, 5.41) is 12.6. The molecule has 1 fully saturated rings. The summed E-state index contributed by atoms with van der Waals surface area (Å²) in [5.41, 5.74) is 8.74. The number of nitrogens with one attached hydrogen (secondary N) is 2. The number of carbonyl (C=O) groups is 3. The molecule has 0 aromatic heterocycles. The molecule has 0 radical (unpaired) electrons. The van der Waals surface area contributed by atoms with Crippen LogP contribution in [-0.2, 0) is 9.63 Å². The fraction of sp³-hybridized carbons (Fsp3) is 0.433. The number of fused-ring (bicyclic) bond motifs is 1. The van der Waals surface area contributed by atoms with Crippen molar-refractivity contribution in [3.63, 3.8) is 0 Å². The summed E-state index contributed by atoms with van der Waals surface area (Å²) < 4.78 is 0. The minimum Gasteiger partial charge on any atom is -0.432 e. The Kier molecular flexibility index (Phi) is 8.58. The van der Waals surface area contributed by atoms with Crippen LogP contribution >= 0.6 is 0 Å². The van der Waals surface area contributed by atoms with Gasteiger partial charge < -0.3 is 9.86 Å². The largest absolute Gasteiger partial charge is 0.432 e. The third kappa shape index (κ3) is 6.17. The number of benzene rings is 2. The highest BCUT2D eigenvalue weighted by atomic mass is 16.7. The number of anilines is 1. The molecule has 10 heteroatoms. The lowest BCUT2D eigenvalue weighted by Gasteiger charge is -2.40. The number of amides is 3. The van der Waals surface area contributed by atoms with Gasteiger partial charge in [0.05, 0.1) is 12.0 Å². The molecule has 2 aromatic carbocycles. The van der Waals surface area contributed by atoms with Crippen molar-refractivity contribution in [3.8, 4) is 0 Å². The number of para-hydroxylation sites is 1. The van der Waals surface area contributed by atoms with Gasteiger partial charge in [0.2, 0.25) is 5.91 Å². The van der Waals surface area contributed by atoms with E-state index in [1.165, 1.54) is 9.82 Å². The summed E-state index contributed by atoms with van der Waals surface area (Å²) in [6.45, 7) is 12.0. The van der Waals surface area contributed by atoms with Gasteiger partial charge in [-0.1, -0.05) is 63.1 Å². The first-order chi connectivity index (χ1) is 18.9. The van der Waals surface area contributed by atoms with Gasteiger partial charge >= 0.3 is 13.1 Å². The Labute approximate surface area is 236 Å². The maximum absolute atomic E-state index is 13.8.